The van der Waals surface area contributed by atoms with Crippen molar-refractivity contribution in [1.82, 2.24) is 9.88 Å². The lowest BCUT2D eigenvalue weighted by Crippen LogP contribution is -2.37. The number of ether oxygens (including phenoxy) is 1. The quantitative estimate of drug-likeness (QED) is 0.602. The van der Waals surface area contributed by atoms with E-state index in [0.717, 1.165) is 11.1 Å². The number of rotatable bonds is 6. The Hall–Kier alpha value is -3.88. The number of aryl methyl sites for hydroxylation is 2. The number of para-hydroxylation sites is 2. The number of esters is 1. The highest BCUT2D eigenvalue weighted by Gasteiger charge is 2.14. The molecule has 3 rings (SSSR count). The average molecular weight is 411 g/mol. The predicted octanol–water partition coefficient (Wildman–Crippen LogP) is 2.49. The SMILES string of the molecule is Cc1cccc(NC(=O)NC(=O)COC(=O)CCn2c(=O)oc3ccccc32)c1C. The van der Waals surface area contributed by atoms with E-state index < -0.39 is 30.3 Å². The zero-order valence-electron chi connectivity index (χ0n) is 16.6. The third-order valence-electron chi connectivity index (χ3n) is 4.58. The lowest BCUT2D eigenvalue weighted by atomic mass is 10.1. The third-order valence-corrected chi connectivity index (χ3v) is 4.58. The highest BCUT2D eigenvalue weighted by Crippen LogP contribution is 2.17. The molecule has 2 aromatic carbocycles. The van der Waals surface area contributed by atoms with Gasteiger partial charge in [-0.25, -0.2) is 9.59 Å². The zero-order valence-corrected chi connectivity index (χ0v) is 16.6. The van der Waals surface area contributed by atoms with E-state index in [-0.39, 0.29) is 13.0 Å². The van der Waals surface area contributed by atoms with Crippen molar-refractivity contribution in [1.29, 1.82) is 0 Å². The Kier molecular flexibility index (Phi) is 6.31. The van der Waals surface area contributed by atoms with E-state index in [0.29, 0.717) is 16.8 Å². The van der Waals surface area contributed by atoms with Gasteiger partial charge in [0.05, 0.1) is 11.9 Å². The van der Waals surface area contributed by atoms with Gasteiger partial charge in [-0.15, -0.1) is 0 Å². The van der Waals surface area contributed by atoms with Gasteiger partial charge in [0.25, 0.3) is 5.91 Å². The Morgan fingerprint density at radius 2 is 1.83 bits per heavy atom. The van der Waals surface area contributed by atoms with Crippen molar-refractivity contribution in [3.8, 4) is 0 Å². The number of benzene rings is 2. The maximum Gasteiger partial charge on any atom is 0.419 e. The molecule has 0 bridgehead atoms. The summed E-state index contributed by atoms with van der Waals surface area (Å²) < 4.78 is 11.3. The zero-order chi connectivity index (χ0) is 21.7. The molecule has 0 aliphatic heterocycles. The van der Waals surface area contributed by atoms with Gasteiger partial charge in [-0.3, -0.25) is 19.5 Å². The van der Waals surface area contributed by atoms with Gasteiger partial charge in [0.2, 0.25) is 0 Å². The molecule has 156 valence electrons. The number of carbonyl (C=O) groups is 3. The minimum Gasteiger partial charge on any atom is -0.456 e. The van der Waals surface area contributed by atoms with Crippen LogP contribution in [0.3, 0.4) is 0 Å². The lowest BCUT2D eigenvalue weighted by Gasteiger charge is -2.11. The first-order valence-electron chi connectivity index (χ1n) is 9.26. The van der Waals surface area contributed by atoms with Gasteiger partial charge >= 0.3 is 17.8 Å². The number of carbonyl (C=O) groups excluding carboxylic acids is 3. The number of urea groups is 1. The van der Waals surface area contributed by atoms with Crippen LogP contribution in [0.1, 0.15) is 17.5 Å². The fourth-order valence-corrected chi connectivity index (χ4v) is 2.85. The lowest BCUT2D eigenvalue weighted by molar-refractivity contribution is -0.148. The van der Waals surface area contributed by atoms with E-state index in [4.69, 9.17) is 9.15 Å². The highest BCUT2D eigenvalue weighted by atomic mass is 16.5. The van der Waals surface area contributed by atoms with E-state index in [1.54, 1.807) is 36.4 Å². The van der Waals surface area contributed by atoms with Gasteiger partial charge in [-0.05, 0) is 43.2 Å². The summed E-state index contributed by atoms with van der Waals surface area (Å²) in [5.74, 6) is -2.03. The van der Waals surface area contributed by atoms with Crippen molar-refractivity contribution in [2.45, 2.75) is 26.8 Å². The number of aromatic nitrogens is 1. The molecule has 9 heteroatoms. The van der Waals surface area contributed by atoms with Crippen LogP contribution in [0.15, 0.2) is 51.7 Å². The number of hydrogen-bond acceptors (Lipinski definition) is 6. The van der Waals surface area contributed by atoms with Crippen molar-refractivity contribution in [3.05, 3.63) is 64.1 Å². The number of fused-ring (bicyclic) bond motifs is 1. The van der Waals surface area contributed by atoms with E-state index in [9.17, 15) is 19.2 Å². The number of anilines is 1. The van der Waals surface area contributed by atoms with Gasteiger partial charge in [-0.1, -0.05) is 24.3 Å². The molecule has 2 N–H and O–H groups in total. The summed E-state index contributed by atoms with van der Waals surface area (Å²) in [5.41, 5.74) is 3.45. The number of oxazole rings is 1. The summed E-state index contributed by atoms with van der Waals surface area (Å²) >= 11 is 0. The molecule has 30 heavy (non-hydrogen) atoms. The molecule has 0 radical (unpaired) electrons. The van der Waals surface area contributed by atoms with Crippen LogP contribution in [0.2, 0.25) is 0 Å². The molecule has 0 aliphatic rings. The van der Waals surface area contributed by atoms with Gasteiger partial charge in [0.15, 0.2) is 12.2 Å². The van der Waals surface area contributed by atoms with Crippen LogP contribution in [0, 0.1) is 13.8 Å². The summed E-state index contributed by atoms with van der Waals surface area (Å²) in [6, 6.07) is 11.5. The molecule has 1 aromatic heterocycles. The first-order chi connectivity index (χ1) is 14.3. The number of imide groups is 1. The summed E-state index contributed by atoms with van der Waals surface area (Å²) in [4.78, 5) is 47.6. The second kappa shape index (κ2) is 9.08. The summed E-state index contributed by atoms with van der Waals surface area (Å²) in [5, 5.41) is 4.67. The van der Waals surface area contributed by atoms with Gasteiger partial charge in [0, 0.05) is 12.2 Å². The van der Waals surface area contributed by atoms with Crippen LogP contribution in [-0.4, -0.2) is 29.1 Å². The van der Waals surface area contributed by atoms with Crippen molar-refractivity contribution in [3.63, 3.8) is 0 Å². The summed E-state index contributed by atoms with van der Waals surface area (Å²) in [6.07, 6.45) is -0.134. The second-order valence-corrected chi connectivity index (χ2v) is 6.65. The van der Waals surface area contributed by atoms with E-state index in [1.165, 1.54) is 4.57 Å². The number of nitrogens with zero attached hydrogens (tertiary/aromatic N) is 1. The highest BCUT2D eigenvalue weighted by molar-refractivity contribution is 6.02. The van der Waals surface area contributed by atoms with Crippen LogP contribution in [0.5, 0.6) is 0 Å². The smallest absolute Gasteiger partial charge is 0.419 e. The van der Waals surface area contributed by atoms with Crippen molar-refractivity contribution in [2.24, 2.45) is 0 Å². The molecule has 0 fully saturated rings. The average Bonchev–Trinajstić information content (AvgIpc) is 3.03. The Morgan fingerprint density at radius 1 is 1.07 bits per heavy atom. The number of hydrogen-bond donors (Lipinski definition) is 2. The Bertz CT molecular complexity index is 1160. The summed E-state index contributed by atoms with van der Waals surface area (Å²) in [6.45, 7) is 3.19. The Balaban J connectivity index is 1.45. The van der Waals surface area contributed by atoms with E-state index >= 15 is 0 Å². The van der Waals surface area contributed by atoms with Crippen LogP contribution in [-0.2, 0) is 20.9 Å². The number of amides is 3. The third kappa shape index (κ3) is 4.93. The van der Waals surface area contributed by atoms with Crippen LogP contribution in [0.25, 0.3) is 11.1 Å². The molecule has 9 nitrogen and oxygen atoms in total. The molecule has 3 aromatic rings. The fourth-order valence-electron chi connectivity index (χ4n) is 2.85. The van der Waals surface area contributed by atoms with Crippen molar-refractivity contribution < 1.29 is 23.5 Å². The van der Waals surface area contributed by atoms with Crippen molar-refractivity contribution in [2.75, 3.05) is 11.9 Å². The van der Waals surface area contributed by atoms with Crippen molar-refractivity contribution >= 4 is 34.7 Å². The molecule has 1 heterocycles. The predicted molar refractivity (Wildman–Crippen MR) is 109 cm³/mol. The molecular weight excluding hydrogens is 390 g/mol. The normalized spacial score (nSPS) is 10.6. The molecule has 0 unspecified atom stereocenters. The molecule has 0 atom stereocenters. The van der Waals surface area contributed by atoms with Crippen LogP contribution < -0.4 is 16.4 Å². The minimum absolute atomic E-state index is 0.0451. The first-order valence-corrected chi connectivity index (χ1v) is 9.26. The largest absolute Gasteiger partial charge is 0.456 e. The minimum atomic E-state index is -0.767. The van der Waals surface area contributed by atoms with Gasteiger partial charge in [0.1, 0.15) is 0 Å². The molecular formula is C21H21N3O6. The van der Waals surface area contributed by atoms with E-state index in [2.05, 4.69) is 10.6 Å². The summed E-state index contributed by atoms with van der Waals surface area (Å²) in [7, 11) is 0. The van der Waals surface area contributed by atoms with Crippen LogP contribution in [0.4, 0.5) is 10.5 Å². The topological polar surface area (TPSA) is 120 Å². The maximum atomic E-state index is 11.9. The second-order valence-electron chi connectivity index (χ2n) is 6.65. The maximum absolute atomic E-state index is 11.9. The first kappa shape index (κ1) is 20.8. The Morgan fingerprint density at radius 3 is 2.63 bits per heavy atom. The van der Waals surface area contributed by atoms with Crippen LogP contribution >= 0.6 is 0 Å². The van der Waals surface area contributed by atoms with Gasteiger partial charge < -0.3 is 14.5 Å². The molecule has 0 saturated carbocycles. The molecule has 0 spiro atoms. The van der Waals surface area contributed by atoms with E-state index in [1.807, 2.05) is 19.9 Å². The molecule has 3 amide bonds. The molecule has 0 saturated heterocycles. The van der Waals surface area contributed by atoms with Gasteiger partial charge in [-0.2, -0.15) is 0 Å². The fraction of sp³-hybridized carbons (Fsp3) is 0.238. The molecule has 0 aliphatic carbocycles. The Labute approximate surface area is 171 Å². The standard InChI is InChI=1S/C21H21N3O6/c1-13-6-5-7-15(14(13)2)22-20(27)23-18(25)12-29-19(26)10-11-24-16-8-3-4-9-17(16)30-21(24)28/h3-9H,10-12H2,1-2H3,(H2,22,23,25,27). The number of nitrogens with one attached hydrogen (secondary N) is 2. The monoisotopic (exact) mass is 411 g/mol.